The van der Waals surface area contributed by atoms with Crippen LogP contribution in [0.25, 0.3) is 0 Å². The maximum Gasteiger partial charge on any atom is 0.0704 e. The smallest absolute Gasteiger partial charge is 0.0704 e. The third kappa shape index (κ3) is 4.73. The van der Waals surface area contributed by atoms with Gasteiger partial charge in [0.2, 0.25) is 0 Å². The van der Waals surface area contributed by atoms with Crippen LogP contribution >= 0.6 is 15.9 Å². The first-order valence-corrected chi connectivity index (χ1v) is 6.08. The van der Waals surface area contributed by atoms with Gasteiger partial charge in [-0.15, -0.1) is 0 Å². The molecule has 1 fully saturated rings. The lowest BCUT2D eigenvalue weighted by molar-refractivity contribution is -0.00169. The molecule has 0 N–H and O–H groups in total. The van der Waals surface area contributed by atoms with Crippen LogP contribution in [0.1, 0.15) is 19.3 Å². The van der Waals surface area contributed by atoms with Crippen LogP contribution in [0.3, 0.4) is 0 Å². The minimum Gasteiger partial charge on any atom is -0.382 e. The minimum atomic E-state index is 0.390. The van der Waals surface area contributed by atoms with E-state index in [0.29, 0.717) is 37.4 Å². The summed E-state index contributed by atoms with van der Waals surface area (Å²) in [5.41, 5.74) is 0. The lowest BCUT2D eigenvalue weighted by Gasteiger charge is -2.14. The molecule has 4 heteroatoms. The summed E-state index contributed by atoms with van der Waals surface area (Å²) in [6.07, 6.45) is 4.06. The maximum atomic E-state index is 5.68. The predicted molar refractivity (Wildman–Crippen MR) is 59.0 cm³/mol. The Morgan fingerprint density at radius 2 is 1.93 bits per heavy atom. The zero-order chi connectivity index (χ0) is 10.2. The van der Waals surface area contributed by atoms with Crippen molar-refractivity contribution in [2.45, 2.75) is 30.2 Å². The molecule has 14 heavy (non-hydrogen) atoms. The Morgan fingerprint density at radius 3 is 2.57 bits per heavy atom. The fraction of sp³-hybridized carbons (Fsp3) is 1.00. The Morgan fingerprint density at radius 1 is 1.14 bits per heavy atom. The van der Waals surface area contributed by atoms with Gasteiger partial charge in [-0.05, 0) is 19.3 Å². The van der Waals surface area contributed by atoms with Crippen molar-refractivity contribution in [2.75, 3.05) is 33.5 Å². The molecule has 2 atom stereocenters. The van der Waals surface area contributed by atoms with Gasteiger partial charge in [0.15, 0.2) is 0 Å². The maximum absolute atomic E-state index is 5.68. The van der Waals surface area contributed by atoms with Crippen LogP contribution in [0.5, 0.6) is 0 Å². The van der Waals surface area contributed by atoms with Crippen LogP contribution in [-0.2, 0) is 14.2 Å². The molecule has 0 amide bonds. The van der Waals surface area contributed by atoms with Crippen LogP contribution in [0.15, 0.2) is 0 Å². The van der Waals surface area contributed by atoms with Gasteiger partial charge in [0.25, 0.3) is 0 Å². The van der Waals surface area contributed by atoms with Gasteiger partial charge >= 0.3 is 0 Å². The van der Waals surface area contributed by atoms with E-state index in [4.69, 9.17) is 14.2 Å². The van der Waals surface area contributed by atoms with E-state index >= 15 is 0 Å². The van der Waals surface area contributed by atoms with Gasteiger partial charge in [-0.1, -0.05) is 15.9 Å². The second-order valence-corrected chi connectivity index (χ2v) is 4.64. The highest BCUT2D eigenvalue weighted by molar-refractivity contribution is 9.09. The van der Waals surface area contributed by atoms with E-state index in [9.17, 15) is 0 Å². The second kappa shape index (κ2) is 7.63. The van der Waals surface area contributed by atoms with E-state index < -0.39 is 0 Å². The highest BCUT2D eigenvalue weighted by atomic mass is 79.9. The number of rotatable bonds is 7. The summed E-state index contributed by atoms with van der Waals surface area (Å²) in [6.45, 7) is 2.67. The van der Waals surface area contributed by atoms with E-state index in [1.54, 1.807) is 7.11 Å². The molecule has 0 bridgehead atoms. The Bertz CT molecular complexity index is 143. The first-order valence-electron chi connectivity index (χ1n) is 5.17. The van der Waals surface area contributed by atoms with Crippen molar-refractivity contribution < 1.29 is 14.2 Å². The van der Waals surface area contributed by atoms with Gasteiger partial charge in [-0.25, -0.2) is 0 Å². The van der Waals surface area contributed by atoms with E-state index in [-0.39, 0.29) is 0 Å². The van der Waals surface area contributed by atoms with Crippen LogP contribution in [0.2, 0.25) is 0 Å². The average molecular weight is 267 g/mol. The van der Waals surface area contributed by atoms with Gasteiger partial charge in [0, 0.05) is 11.9 Å². The lowest BCUT2D eigenvalue weighted by atomic mass is 10.3. The first-order chi connectivity index (χ1) is 6.84. The van der Waals surface area contributed by atoms with Crippen molar-refractivity contribution in [3.05, 3.63) is 0 Å². The largest absolute Gasteiger partial charge is 0.382 e. The molecule has 0 aromatic heterocycles. The van der Waals surface area contributed by atoms with E-state index in [1.807, 2.05) is 0 Å². The van der Waals surface area contributed by atoms with Crippen molar-refractivity contribution >= 4 is 15.9 Å². The van der Waals surface area contributed by atoms with Crippen molar-refractivity contribution in [1.82, 2.24) is 0 Å². The van der Waals surface area contributed by atoms with Gasteiger partial charge in [-0.2, -0.15) is 0 Å². The van der Waals surface area contributed by atoms with Crippen molar-refractivity contribution in [3.63, 3.8) is 0 Å². The molecule has 84 valence electrons. The summed E-state index contributed by atoms with van der Waals surface area (Å²) in [7, 11) is 1.67. The first kappa shape index (κ1) is 12.4. The Hall–Kier alpha value is 0.360. The number of hydrogen-bond acceptors (Lipinski definition) is 3. The van der Waals surface area contributed by atoms with Gasteiger partial charge in [0.05, 0.1) is 32.5 Å². The molecule has 0 aliphatic heterocycles. The van der Waals surface area contributed by atoms with Gasteiger partial charge in [0.1, 0.15) is 0 Å². The quantitative estimate of drug-likeness (QED) is 0.521. The summed E-state index contributed by atoms with van der Waals surface area (Å²) in [5, 5.41) is 0. The molecular formula is C10H19BrO3. The molecule has 0 spiro atoms. The molecule has 2 unspecified atom stereocenters. The van der Waals surface area contributed by atoms with Crippen molar-refractivity contribution in [1.29, 1.82) is 0 Å². The van der Waals surface area contributed by atoms with Crippen LogP contribution in [0.4, 0.5) is 0 Å². The number of ether oxygens (including phenoxy) is 3. The van der Waals surface area contributed by atoms with Gasteiger partial charge < -0.3 is 14.2 Å². The molecule has 0 aromatic rings. The third-order valence-corrected chi connectivity index (χ3v) is 3.41. The zero-order valence-corrected chi connectivity index (χ0v) is 10.3. The fourth-order valence-corrected chi connectivity index (χ4v) is 2.31. The number of halogens is 1. The molecule has 0 heterocycles. The molecule has 1 aliphatic carbocycles. The van der Waals surface area contributed by atoms with Crippen LogP contribution in [-0.4, -0.2) is 44.5 Å². The normalized spacial score (nSPS) is 27.0. The molecule has 0 radical (unpaired) electrons. The lowest BCUT2D eigenvalue weighted by Crippen LogP contribution is -2.20. The highest BCUT2D eigenvalue weighted by Crippen LogP contribution is 2.27. The number of methoxy groups -OCH3 is 1. The summed E-state index contributed by atoms with van der Waals surface area (Å²) < 4.78 is 15.9. The minimum absolute atomic E-state index is 0.390. The fourth-order valence-electron chi connectivity index (χ4n) is 1.57. The topological polar surface area (TPSA) is 27.7 Å². The van der Waals surface area contributed by atoms with Crippen LogP contribution in [0, 0.1) is 0 Å². The predicted octanol–water partition coefficient (Wildman–Crippen LogP) is 1.98. The number of alkyl halides is 1. The highest BCUT2D eigenvalue weighted by Gasteiger charge is 2.24. The second-order valence-electron chi connectivity index (χ2n) is 3.46. The average Bonchev–Trinajstić information content (AvgIpc) is 2.58. The number of hydrogen-bond donors (Lipinski definition) is 0. The molecule has 0 saturated heterocycles. The zero-order valence-electron chi connectivity index (χ0n) is 8.71. The van der Waals surface area contributed by atoms with E-state index in [0.717, 1.165) is 0 Å². The molecule has 0 aromatic carbocycles. The summed E-state index contributed by atoms with van der Waals surface area (Å²) in [6, 6.07) is 0. The molecule has 1 saturated carbocycles. The van der Waals surface area contributed by atoms with Crippen molar-refractivity contribution in [2.24, 2.45) is 0 Å². The summed E-state index contributed by atoms with van der Waals surface area (Å²) in [5.74, 6) is 0. The van der Waals surface area contributed by atoms with E-state index in [1.165, 1.54) is 19.3 Å². The third-order valence-electron chi connectivity index (χ3n) is 2.36. The van der Waals surface area contributed by atoms with E-state index in [2.05, 4.69) is 15.9 Å². The monoisotopic (exact) mass is 266 g/mol. The Balaban J connectivity index is 1.88. The Kier molecular flexibility index (Phi) is 6.77. The van der Waals surface area contributed by atoms with Crippen molar-refractivity contribution in [3.8, 4) is 0 Å². The Labute approximate surface area is 94.2 Å². The standard InChI is InChI=1S/C10H19BrO3/c1-12-5-6-13-7-8-14-10-4-2-3-9(10)11/h9-10H,2-8H2,1H3. The molecule has 1 aliphatic rings. The molecule has 1 rings (SSSR count). The van der Waals surface area contributed by atoms with Gasteiger partial charge in [-0.3, -0.25) is 0 Å². The molecule has 3 nitrogen and oxygen atoms in total. The summed E-state index contributed by atoms with van der Waals surface area (Å²) in [4.78, 5) is 0.543. The SMILES string of the molecule is COCCOCCOC1CCCC1Br. The summed E-state index contributed by atoms with van der Waals surface area (Å²) >= 11 is 3.61. The van der Waals surface area contributed by atoms with Crippen LogP contribution < -0.4 is 0 Å². The molecular weight excluding hydrogens is 248 g/mol.